The van der Waals surface area contributed by atoms with Crippen molar-refractivity contribution in [2.45, 2.75) is 25.7 Å². The van der Waals surface area contributed by atoms with Crippen LogP contribution in [0, 0.1) is 11.7 Å². The van der Waals surface area contributed by atoms with Crippen LogP contribution in [0.5, 0.6) is 0 Å². The average Bonchev–Trinajstić information content (AvgIpc) is 3.14. The lowest BCUT2D eigenvalue weighted by Crippen LogP contribution is -1.97. The highest BCUT2D eigenvalue weighted by Crippen LogP contribution is 2.38. The highest BCUT2D eigenvalue weighted by atomic mass is 32.1. The van der Waals surface area contributed by atoms with Crippen molar-refractivity contribution in [2.75, 3.05) is 0 Å². The van der Waals surface area contributed by atoms with E-state index in [1.54, 1.807) is 4.68 Å². The maximum atomic E-state index is 5.19. The SMILES string of the molecule is Cc1ccc(/C=N\n2c(C3CC3)n[nH]c2=S)cc1. The van der Waals surface area contributed by atoms with Crippen molar-refractivity contribution in [2.24, 2.45) is 5.10 Å². The summed E-state index contributed by atoms with van der Waals surface area (Å²) in [5.41, 5.74) is 2.30. The predicted octanol–water partition coefficient (Wildman–Crippen LogP) is 3.01. The van der Waals surface area contributed by atoms with Gasteiger partial charge < -0.3 is 0 Å². The maximum absolute atomic E-state index is 5.19. The van der Waals surface area contributed by atoms with Crippen molar-refractivity contribution in [3.63, 3.8) is 0 Å². The third kappa shape index (κ3) is 2.26. The van der Waals surface area contributed by atoms with E-state index in [9.17, 15) is 0 Å². The summed E-state index contributed by atoms with van der Waals surface area (Å²) in [4.78, 5) is 0. The van der Waals surface area contributed by atoms with Crippen LogP contribution in [0.25, 0.3) is 0 Å². The van der Waals surface area contributed by atoms with Crippen LogP contribution in [-0.4, -0.2) is 21.1 Å². The summed E-state index contributed by atoms with van der Waals surface area (Å²) in [5.74, 6) is 1.47. The van der Waals surface area contributed by atoms with Crippen molar-refractivity contribution in [1.29, 1.82) is 0 Å². The number of benzene rings is 1. The summed E-state index contributed by atoms with van der Waals surface area (Å²) in [5, 5.41) is 11.5. The van der Waals surface area contributed by atoms with Gasteiger partial charge in [0.2, 0.25) is 4.77 Å². The Bertz CT molecular complexity index is 632. The second kappa shape index (κ2) is 4.49. The van der Waals surface area contributed by atoms with Gasteiger partial charge in [-0.1, -0.05) is 29.8 Å². The lowest BCUT2D eigenvalue weighted by molar-refractivity contribution is 0.773. The summed E-state index contributed by atoms with van der Waals surface area (Å²) in [6, 6.07) is 8.22. The maximum Gasteiger partial charge on any atom is 0.216 e. The standard InChI is InChI=1S/C13H14N4S/c1-9-2-4-10(5-3-9)8-14-17-12(11-6-7-11)15-16-13(17)18/h2-5,8,11H,6-7H2,1H3,(H,16,18)/b14-8-. The molecule has 1 heterocycles. The number of aromatic nitrogens is 3. The van der Waals surface area contributed by atoms with E-state index in [1.165, 1.54) is 18.4 Å². The molecule has 92 valence electrons. The fourth-order valence-corrected chi connectivity index (χ4v) is 1.98. The third-order valence-electron chi connectivity index (χ3n) is 3.02. The molecule has 0 aliphatic heterocycles. The molecule has 0 atom stereocenters. The van der Waals surface area contributed by atoms with Crippen molar-refractivity contribution in [3.8, 4) is 0 Å². The number of H-pyrrole nitrogens is 1. The highest BCUT2D eigenvalue weighted by Gasteiger charge is 2.29. The van der Waals surface area contributed by atoms with E-state index >= 15 is 0 Å². The normalized spacial score (nSPS) is 15.4. The number of aromatic amines is 1. The Morgan fingerprint density at radius 1 is 1.39 bits per heavy atom. The van der Waals surface area contributed by atoms with Crippen LogP contribution in [0.1, 0.15) is 35.7 Å². The Hall–Kier alpha value is -1.75. The Labute approximate surface area is 110 Å². The molecular weight excluding hydrogens is 244 g/mol. The molecule has 1 aliphatic rings. The largest absolute Gasteiger partial charge is 0.250 e. The van der Waals surface area contributed by atoms with Gasteiger partial charge in [0, 0.05) is 5.92 Å². The molecule has 0 radical (unpaired) electrons. The molecule has 3 rings (SSSR count). The number of nitrogens with zero attached hydrogens (tertiary/aromatic N) is 3. The summed E-state index contributed by atoms with van der Waals surface area (Å²) in [6.45, 7) is 2.07. The van der Waals surface area contributed by atoms with Crippen molar-refractivity contribution in [3.05, 3.63) is 46.0 Å². The quantitative estimate of drug-likeness (QED) is 0.679. The number of nitrogens with one attached hydrogen (secondary N) is 1. The molecule has 0 bridgehead atoms. The molecule has 4 nitrogen and oxygen atoms in total. The molecule has 1 aliphatic carbocycles. The van der Waals surface area contributed by atoms with Gasteiger partial charge in [-0.2, -0.15) is 14.9 Å². The van der Waals surface area contributed by atoms with Gasteiger partial charge in [-0.3, -0.25) is 5.10 Å². The van der Waals surface area contributed by atoms with Crippen LogP contribution in [0.4, 0.5) is 0 Å². The predicted molar refractivity (Wildman–Crippen MR) is 73.6 cm³/mol. The first kappa shape index (κ1) is 11.3. The molecule has 2 aromatic rings. The number of hydrogen-bond donors (Lipinski definition) is 1. The minimum Gasteiger partial charge on any atom is -0.250 e. The molecule has 1 aromatic heterocycles. The number of aryl methyl sites for hydroxylation is 1. The lowest BCUT2D eigenvalue weighted by Gasteiger charge is -1.98. The molecular formula is C13H14N4S. The van der Waals surface area contributed by atoms with E-state index in [1.807, 2.05) is 18.3 Å². The van der Waals surface area contributed by atoms with Gasteiger partial charge in [0.15, 0.2) is 5.82 Å². The molecule has 1 saturated carbocycles. The summed E-state index contributed by atoms with van der Waals surface area (Å²) in [6.07, 6.45) is 4.18. The van der Waals surface area contributed by atoms with Gasteiger partial charge in [0.1, 0.15) is 0 Å². The molecule has 0 saturated heterocycles. The lowest BCUT2D eigenvalue weighted by atomic mass is 10.2. The summed E-state index contributed by atoms with van der Waals surface area (Å²) < 4.78 is 2.28. The van der Waals surface area contributed by atoms with Crippen molar-refractivity contribution >= 4 is 18.4 Å². The summed E-state index contributed by atoms with van der Waals surface area (Å²) in [7, 11) is 0. The Balaban J connectivity index is 1.89. The number of rotatable bonds is 3. The van der Waals surface area contributed by atoms with E-state index in [2.05, 4.69) is 34.4 Å². The van der Waals surface area contributed by atoms with Gasteiger partial charge in [-0.25, -0.2) is 0 Å². The average molecular weight is 258 g/mol. The van der Waals surface area contributed by atoms with Crippen LogP contribution in [0.2, 0.25) is 0 Å². The van der Waals surface area contributed by atoms with E-state index in [0.29, 0.717) is 10.7 Å². The molecule has 0 spiro atoms. The second-order valence-electron chi connectivity index (χ2n) is 4.63. The molecule has 1 aromatic carbocycles. The molecule has 0 unspecified atom stereocenters. The monoisotopic (exact) mass is 258 g/mol. The molecule has 1 fully saturated rings. The minimum absolute atomic E-state index is 0.521. The fourth-order valence-electron chi connectivity index (χ4n) is 1.80. The summed E-state index contributed by atoms with van der Waals surface area (Å²) >= 11 is 5.19. The highest BCUT2D eigenvalue weighted by molar-refractivity contribution is 7.71. The van der Waals surface area contributed by atoms with Crippen LogP contribution in [0.3, 0.4) is 0 Å². The second-order valence-corrected chi connectivity index (χ2v) is 5.01. The number of hydrogen-bond acceptors (Lipinski definition) is 3. The van der Waals surface area contributed by atoms with Crippen molar-refractivity contribution < 1.29 is 0 Å². The van der Waals surface area contributed by atoms with Gasteiger partial charge in [0.05, 0.1) is 6.21 Å². The van der Waals surface area contributed by atoms with Crippen molar-refractivity contribution in [1.82, 2.24) is 14.9 Å². The van der Waals surface area contributed by atoms with E-state index in [0.717, 1.165) is 11.4 Å². The zero-order valence-electron chi connectivity index (χ0n) is 10.1. The molecule has 5 heteroatoms. The van der Waals surface area contributed by atoms with E-state index in [-0.39, 0.29) is 0 Å². The van der Waals surface area contributed by atoms with Crippen LogP contribution in [-0.2, 0) is 0 Å². The van der Waals surface area contributed by atoms with Crippen LogP contribution < -0.4 is 0 Å². The topological polar surface area (TPSA) is 46.0 Å². The van der Waals surface area contributed by atoms with E-state index < -0.39 is 0 Å². The van der Waals surface area contributed by atoms with Crippen LogP contribution >= 0.6 is 12.2 Å². The zero-order valence-corrected chi connectivity index (χ0v) is 10.9. The van der Waals surface area contributed by atoms with Gasteiger partial charge in [0.25, 0.3) is 0 Å². The smallest absolute Gasteiger partial charge is 0.216 e. The third-order valence-corrected chi connectivity index (χ3v) is 3.28. The first-order chi connectivity index (χ1) is 8.74. The molecule has 0 amide bonds. The first-order valence-electron chi connectivity index (χ1n) is 6.02. The van der Waals surface area contributed by atoms with Gasteiger partial charge >= 0.3 is 0 Å². The first-order valence-corrected chi connectivity index (χ1v) is 6.43. The Morgan fingerprint density at radius 2 is 2.11 bits per heavy atom. The fraction of sp³-hybridized carbons (Fsp3) is 0.308. The zero-order chi connectivity index (χ0) is 12.5. The Morgan fingerprint density at radius 3 is 2.78 bits per heavy atom. The van der Waals surface area contributed by atoms with Gasteiger partial charge in [-0.15, -0.1) is 0 Å². The molecule has 18 heavy (non-hydrogen) atoms. The minimum atomic E-state index is 0.521. The Kier molecular flexibility index (Phi) is 2.83. The van der Waals surface area contributed by atoms with Crippen LogP contribution in [0.15, 0.2) is 29.4 Å². The van der Waals surface area contributed by atoms with E-state index in [4.69, 9.17) is 12.2 Å². The molecule has 1 N–H and O–H groups in total. The van der Waals surface area contributed by atoms with Gasteiger partial charge in [-0.05, 0) is 37.5 Å².